The Morgan fingerprint density at radius 3 is 2.69 bits per heavy atom. The van der Waals surface area contributed by atoms with E-state index in [-0.39, 0.29) is 5.91 Å². The molecule has 0 bridgehead atoms. The fourth-order valence-corrected chi connectivity index (χ4v) is 3.69. The Labute approximate surface area is 178 Å². The zero-order valence-corrected chi connectivity index (χ0v) is 17.5. The Kier molecular flexibility index (Phi) is 5.30. The smallest absolute Gasteiger partial charge is 0.255 e. The number of rotatable bonds is 5. The van der Waals surface area contributed by atoms with E-state index in [0.29, 0.717) is 34.4 Å². The summed E-state index contributed by atoms with van der Waals surface area (Å²) in [5, 5.41) is 8.77. The van der Waals surface area contributed by atoms with Crippen molar-refractivity contribution in [3.05, 3.63) is 87.0 Å². The van der Waals surface area contributed by atoms with Gasteiger partial charge in [0.1, 0.15) is 5.65 Å². The normalized spacial score (nSPS) is 11.2. The van der Waals surface area contributed by atoms with Crippen molar-refractivity contribution in [2.24, 2.45) is 0 Å². The summed E-state index contributed by atoms with van der Waals surface area (Å²) < 4.78 is 3.64. The highest BCUT2D eigenvalue weighted by Gasteiger charge is 2.19. The predicted octanol–water partition coefficient (Wildman–Crippen LogP) is 4.43. The highest BCUT2D eigenvalue weighted by atomic mass is 35.5. The second-order valence-corrected chi connectivity index (χ2v) is 7.67. The lowest BCUT2D eigenvalue weighted by molar-refractivity contribution is 0.0949. The summed E-state index contributed by atoms with van der Waals surface area (Å²) in [7, 11) is 0. The molecule has 3 aromatic heterocycles. The molecule has 0 unspecified atom stereocenters. The Morgan fingerprint density at radius 1 is 1.10 bits per heavy atom. The minimum Gasteiger partial charge on any atom is -0.346 e. The van der Waals surface area contributed by atoms with Crippen LogP contribution in [0.5, 0.6) is 0 Å². The van der Waals surface area contributed by atoms with E-state index in [1.54, 1.807) is 16.9 Å². The molecule has 1 amide bonds. The first kappa shape index (κ1) is 19.5. The van der Waals surface area contributed by atoms with Gasteiger partial charge in [-0.15, -0.1) is 0 Å². The van der Waals surface area contributed by atoms with Crippen molar-refractivity contribution < 1.29 is 4.79 Å². The van der Waals surface area contributed by atoms with Gasteiger partial charge >= 0.3 is 0 Å². The molecular weight excluding hydrogens is 409 g/mol. The van der Waals surface area contributed by atoms with Crippen LogP contribution < -0.4 is 5.32 Å². The first-order valence-corrected chi connectivity index (χ1v) is 9.86. The van der Waals surface area contributed by atoms with Crippen LogP contribution in [0, 0.1) is 13.8 Å². The van der Waals surface area contributed by atoms with E-state index in [9.17, 15) is 4.79 Å². The highest BCUT2D eigenvalue weighted by Crippen LogP contribution is 2.20. The number of imidazole rings is 1. The third-order valence-corrected chi connectivity index (χ3v) is 5.37. The maximum atomic E-state index is 12.8. The van der Waals surface area contributed by atoms with Crippen molar-refractivity contribution in [2.75, 3.05) is 0 Å². The number of carbonyl (C=O) groups excluding carboxylic acids is 1. The van der Waals surface area contributed by atoms with Crippen LogP contribution in [0.1, 0.15) is 33.0 Å². The summed E-state index contributed by atoms with van der Waals surface area (Å²) >= 11 is 12.3. The number of carbonyl (C=O) groups is 1. The first-order chi connectivity index (χ1) is 13.9. The van der Waals surface area contributed by atoms with Crippen LogP contribution in [-0.4, -0.2) is 25.1 Å². The highest BCUT2D eigenvalue weighted by molar-refractivity contribution is 6.31. The quantitative estimate of drug-likeness (QED) is 0.512. The molecule has 1 N–H and O–H groups in total. The van der Waals surface area contributed by atoms with Crippen LogP contribution in [0.4, 0.5) is 0 Å². The van der Waals surface area contributed by atoms with E-state index >= 15 is 0 Å². The minimum atomic E-state index is -0.180. The van der Waals surface area contributed by atoms with Gasteiger partial charge in [0.2, 0.25) is 0 Å². The Morgan fingerprint density at radius 2 is 1.90 bits per heavy atom. The summed E-state index contributed by atoms with van der Waals surface area (Å²) in [4.78, 5) is 17.3. The topological polar surface area (TPSA) is 64.2 Å². The zero-order valence-electron chi connectivity index (χ0n) is 16.0. The molecule has 8 heteroatoms. The van der Waals surface area contributed by atoms with Crippen molar-refractivity contribution in [2.45, 2.75) is 26.9 Å². The van der Waals surface area contributed by atoms with Gasteiger partial charge in [0.25, 0.3) is 5.91 Å². The molecule has 0 radical (unpaired) electrons. The maximum Gasteiger partial charge on any atom is 0.255 e. The van der Waals surface area contributed by atoms with Crippen molar-refractivity contribution in [3.63, 3.8) is 0 Å². The molecule has 3 heterocycles. The number of hydrogen-bond acceptors (Lipinski definition) is 3. The van der Waals surface area contributed by atoms with Crippen molar-refractivity contribution >= 4 is 34.8 Å². The molecule has 6 nitrogen and oxygen atoms in total. The lowest BCUT2D eigenvalue weighted by Gasteiger charge is -2.07. The van der Waals surface area contributed by atoms with Gasteiger partial charge in [0.15, 0.2) is 0 Å². The number of fused-ring (bicyclic) bond motifs is 1. The molecule has 4 aromatic rings. The number of pyridine rings is 1. The molecule has 0 aliphatic rings. The van der Waals surface area contributed by atoms with Gasteiger partial charge in [-0.1, -0.05) is 41.4 Å². The molecule has 0 fully saturated rings. The molecule has 29 heavy (non-hydrogen) atoms. The van der Waals surface area contributed by atoms with Crippen LogP contribution in [0.3, 0.4) is 0 Å². The van der Waals surface area contributed by atoms with E-state index in [1.807, 2.05) is 54.8 Å². The number of hydrogen-bond donors (Lipinski definition) is 1. The Bertz CT molecular complexity index is 1210. The second kappa shape index (κ2) is 7.89. The van der Waals surface area contributed by atoms with Gasteiger partial charge in [0.05, 0.1) is 35.1 Å². The fraction of sp³-hybridized carbons (Fsp3) is 0.190. The molecule has 1 aromatic carbocycles. The zero-order chi connectivity index (χ0) is 20.5. The van der Waals surface area contributed by atoms with E-state index < -0.39 is 0 Å². The van der Waals surface area contributed by atoms with Crippen LogP contribution in [0.25, 0.3) is 5.65 Å². The third-order valence-electron chi connectivity index (χ3n) is 4.78. The molecule has 0 saturated carbocycles. The van der Waals surface area contributed by atoms with Crippen LogP contribution in [-0.2, 0) is 13.1 Å². The number of nitrogens with one attached hydrogen (secondary N) is 1. The van der Waals surface area contributed by atoms with Crippen molar-refractivity contribution in [3.8, 4) is 0 Å². The number of aromatic nitrogens is 4. The van der Waals surface area contributed by atoms with E-state index in [1.165, 1.54) is 0 Å². The lowest BCUT2D eigenvalue weighted by atomic mass is 10.1. The van der Waals surface area contributed by atoms with Gasteiger partial charge < -0.3 is 9.72 Å². The van der Waals surface area contributed by atoms with Gasteiger partial charge in [-0.05, 0) is 37.6 Å². The molecule has 0 atom stereocenters. The molecule has 0 aliphatic heterocycles. The van der Waals surface area contributed by atoms with E-state index in [2.05, 4.69) is 15.4 Å². The Balaban J connectivity index is 1.51. The van der Waals surface area contributed by atoms with Crippen LogP contribution in [0.2, 0.25) is 10.0 Å². The summed E-state index contributed by atoms with van der Waals surface area (Å²) in [5.74, 6) is -0.180. The number of nitrogens with zero attached hydrogens (tertiary/aromatic N) is 4. The number of benzene rings is 1. The van der Waals surface area contributed by atoms with E-state index in [0.717, 1.165) is 22.6 Å². The van der Waals surface area contributed by atoms with Gasteiger partial charge in [0, 0.05) is 23.1 Å². The number of amides is 1. The molecular formula is C21H19Cl2N5O. The summed E-state index contributed by atoms with van der Waals surface area (Å²) in [5.41, 5.74) is 4.52. The third kappa shape index (κ3) is 3.99. The SMILES string of the molecule is Cc1nn(Cc2ccccc2Cl)c(C)c1C(=O)NCc1cn2cc(Cl)ccc2n1. The fourth-order valence-electron chi connectivity index (χ4n) is 3.33. The van der Waals surface area contributed by atoms with Crippen molar-refractivity contribution in [1.82, 2.24) is 24.5 Å². The summed E-state index contributed by atoms with van der Waals surface area (Å²) in [6.45, 7) is 4.54. The molecule has 0 spiro atoms. The molecule has 0 aliphatic carbocycles. The molecule has 148 valence electrons. The van der Waals surface area contributed by atoms with E-state index in [4.69, 9.17) is 23.2 Å². The first-order valence-electron chi connectivity index (χ1n) is 9.11. The lowest BCUT2D eigenvalue weighted by Crippen LogP contribution is -2.24. The number of aryl methyl sites for hydroxylation is 1. The second-order valence-electron chi connectivity index (χ2n) is 6.82. The molecule has 0 saturated heterocycles. The predicted molar refractivity (Wildman–Crippen MR) is 114 cm³/mol. The number of halogens is 2. The maximum absolute atomic E-state index is 12.8. The summed E-state index contributed by atoms with van der Waals surface area (Å²) in [6, 6.07) is 11.2. The summed E-state index contributed by atoms with van der Waals surface area (Å²) in [6.07, 6.45) is 3.63. The van der Waals surface area contributed by atoms with Crippen LogP contribution >= 0.6 is 23.2 Å². The average molecular weight is 428 g/mol. The van der Waals surface area contributed by atoms with Gasteiger partial charge in [-0.3, -0.25) is 9.48 Å². The Hall–Kier alpha value is -2.83. The van der Waals surface area contributed by atoms with Crippen molar-refractivity contribution in [1.29, 1.82) is 0 Å². The average Bonchev–Trinajstić information content (AvgIpc) is 3.21. The molecule has 4 rings (SSSR count). The van der Waals surface area contributed by atoms with Crippen LogP contribution in [0.15, 0.2) is 48.8 Å². The van der Waals surface area contributed by atoms with Gasteiger partial charge in [-0.25, -0.2) is 4.98 Å². The monoisotopic (exact) mass is 427 g/mol. The standard InChI is InChI=1S/C21H19Cl2N5O/c1-13-20(14(2)28(26-13)10-15-5-3-4-6-18(15)23)21(29)24-9-17-12-27-11-16(22)7-8-19(27)25-17/h3-8,11-12H,9-10H2,1-2H3,(H,24,29). The largest absolute Gasteiger partial charge is 0.346 e. The minimum absolute atomic E-state index is 0.180. The van der Waals surface area contributed by atoms with Gasteiger partial charge in [-0.2, -0.15) is 5.10 Å².